The predicted molar refractivity (Wildman–Crippen MR) is 80.9 cm³/mol. The van der Waals surface area contributed by atoms with Crippen molar-refractivity contribution in [3.8, 4) is 17.2 Å². The summed E-state index contributed by atoms with van der Waals surface area (Å²) in [5.74, 6) is 1.16. The Balaban J connectivity index is 2.52. The molecular weight excluding hydrogens is 288 g/mol. The lowest BCUT2D eigenvalue weighted by atomic mass is 10.2. The number of rotatable bonds is 10. The molecule has 0 bridgehead atoms. The predicted octanol–water partition coefficient (Wildman–Crippen LogP) is 2.63. The third-order valence-electron chi connectivity index (χ3n) is 2.98. The van der Waals surface area contributed by atoms with Crippen molar-refractivity contribution in [3.63, 3.8) is 0 Å². The van der Waals surface area contributed by atoms with Gasteiger partial charge in [-0.2, -0.15) is 0 Å². The minimum absolute atomic E-state index is 0.193. The highest BCUT2D eigenvalue weighted by Gasteiger charge is 2.12. The molecule has 0 aliphatic heterocycles. The van der Waals surface area contributed by atoms with Crippen LogP contribution < -0.4 is 14.2 Å². The molecule has 0 saturated carbocycles. The van der Waals surface area contributed by atoms with Crippen LogP contribution in [0, 0.1) is 0 Å². The first-order chi connectivity index (χ1) is 10.7. The highest BCUT2D eigenvalue weighted by molar-refractivity contribution is 5.84. The minimum atomic E-state index is -0.193. The van der Waals surface area contributed by atoms with E-state index in [0.29, 0.717) is 55.2 Å². The zero-order chi connectivity index (χ0) is 16.4. The lowest BCUT2D eigenvalue weighted by Gasteiger charge is -2.12. The van der Waals surface area contributed by atoms with Crippen LogP contribution in [0.1, 0.15) is 36.5 Å². The first-order valence-electron chi connectivity index (χ1n) is 7.15. The molecule has 0 unspecified atom stereocenters. The van der Waals surface area contributed by atoms with Crippen molar-refractivity contribution in [2.45, 2.75) is 26.2 Å². The van der Waals surface area contributed by atoms with Crippen LogP contribution >= 0.6 is 0 Å². The van der Waals surface area contributed by atoms with E-state index in [9.17, 15) is 9.59 Å². The topological polar surface area (TPSA) is 71.1 Å². The molecule has 0 aliphatic rings. The summed E-state index contributed by atoms with van der Waals surface area (Å²) in [6, 6.07) is 3.27. The molecule has 0 spiro atoms. The Morgan fingerprint density at radius 3 is 2.27 bits per heavy atom. The monoisotopic (exact) mass is 310 g/mol. The number of unbranched alkanes of at least 4 members (excludes halogenated alkanes) is 1. The number of carbonyl (C=O) groups is 2. The number of hydrogen-bond donors (Lipinski definition) is 0. The zero-order valence-electron chi connectivity index (χ0n) is 13.2. The van der Waals surface area contributed by atoms with Gasteiger partial charge in [-0.3, -0.25) is 9.59 Å². The van der Waals surface area contributed by atoms with Gasteiger partial charge in [-0.05, 0) is 19.8 Å². The summed E-state index contributed by atoms with van der Waals surface area (Å²) < 4.78 is 20.8. The summed E-state index contributed by atoms with van der Waals surface area (Å²) in [6.07, 6.45) is 2.48. The van der Waals surface area contributed by atoms with E-state index in [1.165, 1.54) is 14.2 Å². The van der Waals surface area contributed by atoms with E-state index in [1.807, 2.05) is 0 Å². The van der Waals surface area contributed by atoms with Gasteiger partial charge in [0.2, 0.25) is 0 Å². The van der Waals surface area contributed by atoms with E-state index >= 15 is 0 Å². The van der Waals surface area contributed by atoms with Crippen molar-refractivity contribution >= 4 is 12.3 Å². The Kier molecular flexibility index (Phi) is 7.81. The van der Waals surface area contributed by atoms with Crippen LogP contribution in [0.15, 0.2) is 12.1 Å². The van der Waals surface area contributed by atoms with Gasteiger partial charge in [0.05, 0.1) is 33.0 Å². The largest absolute Gasteiger partial charge is 0.496 e. The van der Waals surface area contributed by atoms with Gasteiger partial charge in [0.1, 0.15) is 17.2 Å². The first kappa shape index (κ1) is 17.8. The molecule has 0 amide bonds. The number of aldehydes is 1. The molecule has 0 saturated heterocycles. The summed E-state index contributed by atoms with van der Waals surface area (Å²) in [4.78, 5) is 22.2. The second-order valence-electron chi connectivity index (χ2n) is 4.47. The molecule has 0 radical (unpaired) electrons. The van der Waals surface area contributed by atoms with Gasteiger partial charge in [0.15, 0.2) is 6.29 Å². The van der Waals surface area contributed by atoms with Gasteiger partial charge in [0.25, 0.3) is 0 Å². The summed E-state index contributed by atoms with van der Waals surface area (Å²) in [7, 11) is 2.95. The molecule has 1 rings (SSSR count). The summed E-state index contributed by atoms with van der Waals surface area (Å²) in [5.41, 5.74) is 0.347. The van der Waals surface area contributed by atoms with Gasteiger partial charge in [-0.25, -0.2) is 0 Å². The van der Waals surface area contributed by atoms with Crippen LogP contribution in [0.3, 0.4) is 0 Å². The van der Waals surface area contributed by atoms with Crippen molar-refractivity contribution in [1.82, 2.24) is 0 Å². The molecule has 1 aromatic carbocycles. The maximum atomic E-state index is 11.2. The van der Waals surface area contributed by atoms with Crippen LogP contribution in [-0.2, 0) is 9.53 Å². The molecule has 0 N–H and O–H groups in total. The molecule has 0 heterocycles. The summed E-state index contributed by atoms with van der Waals surface area (Å²) in [5, 5.41) is 0. The summed E-state index contributed by atoms with van der Waals surface area (Å²) in [6.45, 7) is 2.63. The Morgan fingerprint density at radius 1 is 1.14 bits per heavy atom. The Bertz CT molecular complexity index is 472. The number of methoxy groups -OCH3 is 2. The smallest absolute Gasteiger partial charge is 0.305 e. The molecule has 6 heteroatoms. The van der Waals surface area contributed by atoms with E-state index in [2.05, 4.69) is 0 Å². The van der Waals surface area contributed by atoms with Crippen LogP contribution in [0.5, 0.6) is 17.2 Å². The van der Waals surface area contributed by atoms with Crippen LogP contribution in [0.2, 0.25) is 0 Å². The van der Waals surface area contributed by atoms with Gasteiger partial charge in [-0.1, -0.05) is 0 Å². The minimum Gasteiger partial charge on any atom is -0.496 e. The third-order valence-corrected chi connectivity index (χ3v) is 2.98. The number of esters is 1. The average molecular weight is 310 g/mol. The molecule has 0 aliphatic carbocycles. The van der Waals surface area contributed by atoms with Gasteiger partial charge >= 0.3 is 5.97 Å². The summed E-state index contributed by atoms with van der Waals surface area (Å²) >= 11 is 0. The lowest BCUT2D eigenvalue weighted by Crippen LogP contribution is -2.05. The van der Waals surface area contributed by atoms with E-state index in [0.717, 1.165) is 6.42 Å². The lowest BCUT2D eigenvalue weighted by molar-refractivity contribution is -0.143. The zero-order valence-corrected chi connectivity index (χ0v) is 13.2. The van der Waals surface area contributed by atoms with Crippen LogP contribution in [-0.4, -0.2) is 39.7 Å². The van der Waals surface area contributed by atoms with Crippen molar-refractivity contribution in [3.05, 3.63) is 17.7 Å². The second-order valence-corrected chi connectivity index (χ2v) is 4.47. The first-order valence-corrected chi connectivity index (χ1v) is 7.15. The highest BCUT2D eigenvalue weighted by Crippen LogP contribution is 2.32. The fraction of sp³-hybridized carbons (Fsp3) is 0.500. The van der Waals surface area contributed by atoms with Gasteiger partial charge < -0.3 is 18.9 Å². The SMILES string of the molecule is CCOC(=O)CCCCOc1cc(OC)c(C=O)c(OC)c1. The van der Waals surface area contributed by atoms with E-state index in [-0.39, 0.29) is 5.97 Å². The van der Waals surface area contributed by atoms with E-state index < -0.39 is 0 Å². The maximum absolute atomic E-state index is 11.2. The molecule has 1 aromatic rings. The Morgan fingerprint density at radius 2 is 1.77 bits per heavy atom. The van der Waals surface area contributed by atoms with Gasteiger partial charge in [0, 0.05) is 18.6 Å². The van der Waals surface area contributed by atoms with Crippen molar-refractivity contribution in [2.75, 3.05) is 27.4 Å². The fourth-order valence-electron chi connectivity index (χ4n) is 1.91. The number of hydrogen-bond acceptors (Lipinski definition) is 6. The highest BCUT2D eigenvalue weighted by atomic mass is 16.5. The molecule has 122 valence electrons. The molecule has 0 aromatic heterocycles. The molecule has 0 fully saturated rings. The van der Waals surface area contributed by atoms with Crippen molar-refractivity contribution < 1.29 is 28.5 Å². The fourth-order valence-corrected chi connectivity index (χ4v) is 1.91. The third kappa shape index (κ3) is 5.27. The Labute approximate surface area is 130 Å². The quantitative estimate of drug-likeness (QED) is 0.376. The van der Waals surface area contributed by atoms with Crippen molar-refractivity contribution in [2.24, 2.45) is 0 Å². The normalized spacial score (nSPS) is 9.95. The van der Waals surface area contributed by atoms with Crippen LogP contribution in [0.25, 0.3) is 0 Å². The number of benzene rings is 1. The second kappa shape index (κ2) is 9.65. The molecule has 6 nitrogen and oxygen atoms in total. The van der Waals surface area contributed by atoms with E-state index in [4.69, 9.17) is 18.9 Å². The molecule has 22 heavy (non-hydrogen) atoms. The standard InChI is InChI=1S/C16H22O6/c1-4-21-16(18)7-5-6-8-22-12-9-14(19-2)13(11-17)15(10-12)20-3/h9-11H,4-8H2,1-3H3. The van der Waals surface area contributed by atoms with Crippen LogP contribution in [0.4, 0.5) is 0 Å². The van der Waals surface area contributed by atoms with E-state index in [1.54, 1.807) is 19.1 Å². The number of ether oxygens (including phenoxy) is 4. The Hall–Kier alpha value is -2.24. The molecular formula is C16H22O6. The molecule has 0 atom stereocenters. The van der Waals surface area contributed by atoms with Crippen molar-refractivity contribution in [1.29, 1.82) is 0 Å². The maximum Gasteiger partial charge on any atom is 0.305 e. The number of carbonyl (C=O) groups excluding carboxylic acids is 2. The average Bonchev–Trinajstić information content (AvgIpc) is 2.53. The van der Waals surface area contributed by atoms with Gasteiger partial charge in [-0.15, -0.1) is 0 Å².